The maximum atomic E-state index is 11.9. The van der Waals surface area contributed by atoms with Gasteiger partial charge >= 0.3 is 0 Å². The van der Waals surface area contributed by atoms with Gasteiger partial charge in [0.2, 0.25) is 0 Å². The Morgan fingerprint density at radius 2 is 2.00 bits per heavy atom. The molecule has 0 spiro atoms. The van der Waals surface area contributed by atoms with E-state index in [0.717, 1.165) is 5.56 Å². The zero-order valence-electron chi connectivity index (χ0n) is 12.4. The van der Waals surface area contributed by atoms with Crippen molar-refractivity contribution >= 4 is 5.91 Å². The third-order valence-corrected chi connectivity index (χ3v) is 3.02. The van der Waals surface area contributed by atoms with Gasteiger partial charge in [-0.15, -0.1) is 0 Å². The molecule has 0 aliphatic carbocycles. The molecule has 0 aliphatic heterocycles. The van der Waals surface area contributed by atoms with Crippen LogP contribution < -0.4 is 14.8 Å². The van der Waals surface area contributed by atoms with E-state index >= 15 is 0 Å². The van der Waals surface area contributed by atoms with Crippen LogP contribution in [0.3, 0.4) is 0 Å². The standard InChI is InChI=1S/C16H19NO4/c1-11-8-9-20-15(11)16(18)17-10-12(2)21-14-7-5-4-6-13(14)19-3/h4-9,12H,10H2,1-3H3,(H,17,18)/t12-/m0/s1. The Hall–Kier alpha value is -2.43. The molecule has 112 valence electrons. The van der Waals surface area contributed by atoms with Crippen LogP contribution in [0.2, 0.25) is 0 Å². The van der Waals surface area contributed by atoms with Gasteiger partial charge in [-0.3, -0.25) is 4.79 Å². The summed E-state index contributed by atoms with van der Waals surface area (Å²) in [4.78, 5) is 11.9. The Labute approximate surface area is 123 Å². The van der Waals surface area contributed by atoms with Crippen LogP contribution >= 0.6 is 0 Å². The number of hydrogen-bond acceptors (Lipinski definition) is 4. The molecule has 1 atom stereocenters. The lowest BCUT2D eigenvalue weighted by Crippen LogP contribution is -2.33. The Morgan fingerprint density at radius 3 is 2.62 bits per heavy atom. The molecule has 0 fully saturated rings. The Balaban J connectivity index is 1.89. The van der Waals surface area contributed by atoms with Crippen molar-refractivity contribution in [3.63, 3.8) is 0 Å². The van der Waals surface area contributed by atoms with E-state index in [1.807, 2.05) is 38.1 Å². The quantitative estimate of drug-likeness (QED) is 0.888. The lowest BCUT2D eigenvalue weighted by molar-refractivity contribution is 0.0903. The summed E-state index contributed by atoms with van der Waals surface area (Å²) in [7, 11) is 1.59. The highest BCUT2D eigenvalue weighted by atomic mass is 16.5. The van der Waals surface area contributed by atoms with Gasteiger partial charge in [0.15, 0.2) is 17.3 Å². The van der Waals surface area contributed by atoms with E-state index in [0.29, 0.717) is 23.8 Å². The van der Waals surface area contributed by atoms with E-state index in [-0.39, 0.29) is 12.0 Å². The lowest BCUT2D eigenvalue weighted by atomic mass is 10.2. The largest absolute Gasteiger partial charge is 0.493 e. The number of furan rings is 1. The van der Waals surface area contributed by atoms with E-state index < -0.39 is 0 Å². The maximum absolute atomic E-state index is 11.9. The van der Waals surface area contributed by atoms with Crippen LogP contribution in [0.5, 0.6) is 11.5 Å². The number of ether oxygens (including phenoxy) is 2. The highest BCUT2D eigenvalue weighted by molar-refractivity contribution is 5.92. The molecule has 0 unspecified atom stereocenters. The van der Waals surface area contributed by atoms with Crippen molar-refractivity contribution in [3.05, 3.63) is 47.9 Å². The molecule has 0 saturated heterocycles. The summed E-state index contributed by atoms with van der Waals surface area (Å²) in [6, 6.07) is 9.15. The zero-order valence-corrected chi connectivity index (χ0v) is 12.4. The van der Waals surface area contributed by atoms with Crippen LogP contribution in [0.1, 0.15) is 23.0 Å². The van der Waals surface area contributed by atoms with E-state index in [9.17, 15) is 4.79 Å². The highest BCUT2D eigenvalue weighted by Crippen LogP contribution is 2.26. The van der Waals surface area contributed by atoms with Crippen molar-refractivity contribution in [2.45, 2.75) is 20.0 Å². The minimum absolute atomic E-state index is 0.194. The topological polar surface area (TPSA) is 60.7 Å². The van der Waals surface area contributed by atoms with Gasteiger partial charge < -0.3 is 19.2 Å². The molecule has 1 aromatic heterocycles. The minimum Gasteiger partial charge on any atom is -0.493 e. The first kappa shape index (κ1) is 15.0. The second-order valence-corrected chi connectivity index (χ2v) is 4.72. The molecule has 0 radical (unpaired) electrons. The molecule has 5 nitrogen and oxygen atoms in total. The molecule has 21 heavy (non-hydrogen) atoms. The molecule has 0 aliphatic rings. The summed E-state index contributed by atoms with van der Waals surface area (Å²) >= 11 is 0. The molecule has 1 amide bonds. The normalized spacial score (nSPS) is 11.8. The molecule has 1 aromatic carbocycles. The monoisotopic (exact) mass is 289 g/mol. The van der Waals surface area contributed by atoms with Crippen LogP contribution in [0.4, 0.5) is 0 Å². The average molecular weight is 289 g/mol. The van der Waals surface area contributed by atoms with E-state index in [4.69, 9.17) is 13.9 Å². The average Bonchev–Trinajstić information content (AvgIpc) is 2.91. The number of hydrogen-bond donors (Lipinski definition) is 1. The molecule has 0 bridgehead atoms. The van der Waals surface area contributed by atoms with Crippen LogP contribution in [-0.4, -0.2) is 25.7 Å². The van der Waals surface area contributed by atoms with Crippen LogP contribution in [-0.2, 0) is 0 Å². The van der Waals surface area contributed by atoms with Crippen LogP contribution in [0.25, 0.3) is 0 Å². The summed E-state index contributed by atoms with van der Waals surface area (Å²) in [5.74, 6) is 1.40. The third kappa shape index (κ3) is 3.78. The van der Waals surface area contributed by atoms with E-state index in [1.54, 1.807) is 13.2 Å². The van der Waals surface area contributed by atoms with Crippen LogP contribution in [0.15, 0.2) is 41.0 Å². The molecule has 2 aromatic rings. The fourth-order valence-corrected chi connectivity index (χ4v) is 1.90. The Bertz CT molecular complexity index is 606. The summed E-state index contributed by atoms with van der Waals surface area (Å²) in [6.07, 6.45) is 1.31. The van der Waals surface area contributed by atoms with Crippen molar-refractivity contribution in [3.8, 4) is 11.5 Å². The first-order valence-corrected chi connectivity index (χ1v) is 6.73. The van der Waals surface area contributed by atoms with E-state index in [1.165, 1.54) is 6.26 Å². The van der Waals surface area contributed by atoms with Gasteiger partial charge in [0.25, 0.3) is 5.91 Å². The number of carbonyl (C=O) groups excluding carboxylic acids is 1. The fourth-order valence-electron chi connectivity index (χ4n) is 1.90. The van der Waals surface area contributed by atoms with E-state index in [2.05, 4.69) is 5.32 Å². The van der Waals surface area contributed by atoms with Crippen LogP contribution in [0, 0.1) is 6.92 Å². The fraction of sp³-hybridized carbons (Fsp3) is 0.312. The number of carbonyl (C=O) groups is 1. The van der Waals surface area contributed by atoms with Crippen molar-refractivity contribution in [1.82, 2.24) is 5.32 Å². The summed E-state index contributed by atoms with van der Waals surface area (Å²) < 4.78 is 16.1. The molecule has 1 N–H and O–H groups in total. The highest BCUT2D eigenvalue weighted by Gasteiger charge is 2.14. The number of aryl methyl sites for hydroxylation is 1. The first-order valence-electron chi connectivity index (χ1n) is 6.73. The van der Waals surface area contributed by atoms with Gasteiger partial charge in [-0.05, 0) is 32.0 Å². The Morgan fingerprint density at radius 1 is 1.29 bits per heavy atom. The molecule has 5 heteroatoms. The number of benzene rings is 1. The third-order valence-electron chi connectivity index (χ3n) is 3.02. The van der Waals surface area contributed by atoms with Gasteiger partial charge in [0, 0.05) is 5.56 Å². The molecular weight excluding hydrogens is 270 g/mol. The number of rotatable bonds is 6. The van der Waals surface area contributed by atoms with Crippen molar-refractivity contribution < 1.29 is 18.7 Å². The van der Waals surface area contributed by atoms with Gasteiger partial charge in [0.05, 0.1) is 19.9 Å². The molecule has 1 heterocycles. The predicted octanol–water partition coefficient (Wildman–Crippen LogP) is 2.79. The van der Waals surface area contributed by atoms with Crippen molar-refractivity contribution in [2.24, 2.45) is 0 Å². The second kappa shape index (κ2) is 6.83. The second-order valence-electron chi connectivity index (χ2n) is 4.72. The van der Waals surface area contributed by atoms with Crippen molar-refractivity contribution in [1.29, 1.82) is 0 Å². The predicted molar refractivity (Wildman–Crippen MR) is 78.9 cm³/mol. The molecule has 0 saturated carbocycles. The van der Waals surface area contributed by atoms with Gasteiger partial charge in [0.1, 0.15) is 6.10 Å². The molecule has 2 rings (SSSR count). The SMILES string of the molecule is COc1ccccc1O[C@@H](C)CNC(=O)c1occc1C. The Kier molecular flexibility index (Phi) is 4.87. The number of methoxy groups -OCH3 is 1. The van der Waals surface area contributed by atoms with Gasteiger partial charge in [-0.1, -0.05) is 12.1 Å². The molecular formula is C16H19NO4. The zero-order chi connectivity index (χ0) is 15.2. The maximum Gasteiger partial charge on any atom is 0.287 e. The lowest BCUT2D eigenvalue weighted by Gasteiger charge is -2.17. The van der Waals surface area contributed by atoms with Crippen molar-refractivity contribution in [2.75, 3.05) is 13.7 Å². The summed E-state index contributed by atoms with van der Waals surface area (Å²) in [5, 5.41) is 2.78. The number of para-hydroxylation sites is 2. The van der Waals surface area contributed by atoms with Gasteiger partial charge in [-0.25, -0.2) is 0 Å². The summed E-state index contributed by atoms with van der Waals surface area (Å²) in [6.45, 7) is 4.08. The number of amides is 1. The summed E-state index contributed by atoms with van der Waals surface area (Å²) in [5.41, 5.74) is 0.811. The first-order chi connectivity index (χ1) is 10.1. The number of nitrogens with one attached hydrogen (secondary N) is 1. The minimum atomic E-state index is -0.243. The smallest absolute Gasteiger partial charge is 0.287 e. The van der Waals surface area contributed by atoms with Gasteiger partial charge in [-0.2, -0.15) is 0 Å².